The number of halogens is 1. The minimum absolute atomic E-state index is 0.0931. The highest BCUT2D eigenvalue weighted by atomic mass is 32.2. The minimum Gasteiger partial charge on any atom is -0.325 e. The van der Waals surface area contributed by atoms with Gasteiger partial charge in [0.1, 0.15) is 5.82 Å². The zero-order valence-corrected chi connectivity index (χ0v) is 17.9. The van der Waals surface area contributed by atoms with Gasteiger partial charge in [-0.1, -0.05) is 13.0 Å². The van der Waals surface area contributed by atoms with Crippen LogP contribution in [0.2, 0.25) is 0 Å². The van der Waals surface area contributed by atoms with Gasteiger partial charge in [0.2, 0.25) is 5.91 Å². The van der Waals surface area contributed by atoms with Gasteiger partial charge in [-0.25, -0.2) is 4.39 Å². The molecule has 0 saturated carbocycles. The predicted molar refractivity (Wildman–Crippen MR) is 122 cm³/mol. The van der Waals surface area contributed by atoms with Crippen molar-refractivity contribution >= 4 is 40.6 Å². The lowest BCUT2D eigenvalue weighted by molar-refractivity contribution is -0.384. The number of hydrogen-bond acceptors (Lipinski definition) is 5. The molecule has 1 atom stereocenters. The van der Waals surface area contributed by atoms with Crippen LogP contribution in [-0.2, 0) is 4.79 Å². The van der Waals surface area contributed by atoms with Gasteiger partial charge in [-0.2, -0.15) is 0 Å². The number of hydrogen-bond donors (Lipinski definition) is 2. The lowest BCUT2D eigenvalue weighted by Crippen LogP contribution is -2.24. The number of non-ortho nitro benzene ring substituents is 1. The molecule has 164 valence electrons. The second-order valence-electron chi connectivity index (χ2n) is 6.80. The molecule has 0 aliphatic carbocycles. The molecule has 0 spiro atoms. The molecular weight excluding hydrogens is 433 g/mol. The largest absolute Gasteiger partial charge is 0.325 e. The molecule has 0 heterocycles. The third-order valence-electron chi connectivity index (χ3n) is 4.49. The first kappa shape index (κ1) is 23.0. The van der Waals surface area contributed by atoms with Crippen molar-refractivity contribution in [3.63, 3.8) is 0 Å². The van der Waals surface area contributed by atoms with E-state index in [1.54, 1.807) is 18.2 Å². The van der Waals surface area contributed by atoms with Crippen molar-refractivity contribution < 1.29 is 18.9 Å². The molecule has 9 heteroatoms. The van der Waals surface area contributed by atoms with Crippen LogP contribution in [0, 0.1) is 15.9 Å². The number of nitrogens with zero attached hydrogens (tertiary/aromatic N) is 1. The number of amides is 2. The molecule has 3 aromatic rings. The number of benzene rings is 3. The summed E-state index contributed by atoms with van der Waals surface area (Å²) >= 11 is 1.35. The van der Waals surface area contributed by atoms with Crippen LogP contribution in [0.25, 0.3) is 0 Å². The van der Waals surface area contributed by atoms with Gasteiger partial charge in [0.15, 0.2) is 0 Å². The zero-order chi connectivity index (χ0) is 23.1. The molecule has 3 rings (SSSR count). The maximum atomic E-state index is 13.0. The Morgan fingerprint density at radius 3 is 2.31 bits per heavy atom. The van der Waals surface area contributed by atoms with Crippen molar-refractivity contribution in [2.45, 2.75) is 23.5 Å². The van der Waals surface area contributed by atoms with E-state index < -0.39 is 10.8 Å². The summed E-state index contributed by atoms with van der Waals surface area (Å²) in [6, 6.07) is 17.9. The number of carbonyl (C=O) groups is 2. The van der Waals surface area contributed by atoms with Crippen molar-refractivity contribution in [3.8, 4) is 0 Å². The first-order valence-corrected chi connectivity index (χ1v) is 10.6. The Kier molecular flexibility index (Phi) is 7.56. The third kappa shape index (κ3) is 6.14. The molecule has 0 saturated heterocycles. The number of nitrogens with one attached hydrogen (secondary N) is 2. The van der Waals surface area contributed by atoms with E-state index in [9.17, 15) is 24.1 Å². The van der Waals surface area contributed by atoms with E-state index in [1.165, 1.54) is 60.3 Å². The topological polar surface area (TPSA) is 101 Å². The van der Waals surface area contributed by atoms with Gasteiger partial charge in [-0.05, 0) is 61.0 Å². The molecule has 1 unspecified atom stereocenters. The molecule has 0 radical (unpaired) electrons. The number of anilines is 2. The van der Waals surface area contributed by atoms with Crippen LogP contribution in [0.4, 0.5) is 21.5 Å². The molecule has 32 heavy (non-hydrogen) atoms. The lowest BCUT2D eigenvalue weighted by atomic mass is 10.2. The quantitative estimate of drug-likeness (QED) is 0.267. The average molecular weight is 453 g/mol. The standard InChI is InChI=1S/C23H20FN3O4S/c1-2-21(23(29)25-17-10-8-16(24)9-11-17)32-20-5-3-4-18(14-20)26-22(28)15-6-12-19(13-7-15)27(30)31/h3-14,21H,2H2,1H3,(H,25,29)(H,26,28). The highest BCUT2D eigenvalue weighted by Crippen LogP contribution is 2.29. The van der Waals surface area contributed by atoms with Gasteiger partial charge in [0.25, 0.3) is 11.6 Å². The fraction of sp³-hybridized carbons (Fsp3) is 0.130. The first-order chi connectivity index (χ1) is 15.4. The Morgan fingerprint density at radius 2 is 1.69 bits per heavy atom. The van der Waals surface area contributed by atoms with Crippen LogP contribution in [0.1, 0.15) is 23.7 Å². The van der Waals surface area contributed by atoms with Gasteiger partial charge >= 0.3 is 0 Å². The van der Waals surface area contributed by atoms with Crippen molar-refractivity contribution in [2.75, 3.05) is 10.6 Å². The predicted octanol–water partition coefficient (Wildman–Crippen LogP) is 5.50. The minimum atomic E-state index is -0.529. The number of nitro groups is 1. The Morgan fingerprint density at radius 1 is 1.00 bits per heavy atom. The maximum Gasteiger partial charge on any atom is 0.269 e. The normalized spacial score (nSPS) is 11.4. The third-order valence-corrected chi connectivity index (χ3v) is 5.84. The van der Waals surface area contributed by atoms with Gasteiger partial charge in [0.05, 0.1) is 10.2 Å². The molecule has 2 amide bonds. The van der Waals surface area contributed by atoms with Gasteiger partial charge in [-0.15, -0.1) is 11.8 Å². The zero-order valence-electron chi connectivity index (χ0n) is 17.1. The molecule has 0 fully saturated rings. The van der Waals surface area contributed by atoms with E-state index in [4.69, 9.17) is 0 Å². The SMILES string of the molecule is CCC(Sc1cccc(NC(=O)c2ccc([N+](=O)[O-])cc2)c1)C(=O)Nc1ccc(F)cc1. The van der Waals surface area contributed by atoms with E-state index in [-0.39, 0.29) is 22.7 Å². The molecule has 7 nitrogen and oxygen atoms in total. The summed E-state index contributed by atoms with van der Waals surface area (Å²) in [6.07, 6.45) is 0.567. The summed E-state index contributed by atoms with van der Waals surface area (Å²) in [6.45, 7) is 1.89. The number of rotatable bonds is 8. The summed E-state index contributed by atoms with van der Waals surface area (Å²) < 4.78 is 13.0. The summed E-state index contributed by atoms with van der Waals surface area (Å²) in [4.78, 5) is 36.1. The number of carbonyl (C=O) groups excluding carboxylic acids is 2. The second-order valence-corrected chi connectivity index (χ2v) is 8.07. The van der Waals surface area contributed by atoms with Crippen molar-refractivity contribution in [2.24, 2.45) is 0 Å². The highest BCUT2D eigenvalue weighted by molar-refractivity contribution is 8.00. The average Bonchev–Trinajstić information content (AvgIpc) is 2.79. The lowest BCUT2D eigenvalue weighted by Gasteiger charge is -2.15. The van der Waals surface area contributed by atoms with Crippen LogP contribution in [0.3, 0.4) is 0 Å². The van der Waals surface area contributed by atoms with Crippen LogP contribution < -0.4 is 10.6 Å². The second kappa shape index (κ2) is 10.5. The summed E-state index contributed by atoms with van der Waals surface area (Å²) in [5.41, 5.74) is 1.25. The molecule has 2 N–H and O–H groups in total. The first-order valence-electron chi connectivity index (χ1n) is 9.74. The fourth-order valence-electron chi connectivity index (χ4n) is 2.83. The monoisotopic (exact) mass is 453 g/mol. The Hall–Kier alpha value is -3.72. The van der Waals surface area contributed by atoms with Crippen LogP contribution in [0.15, 0.2) is 77.7 Å². The molecule has 3 aromatic carbocycles. The number of nitro benzene ring substituents is 1. The van der Waals surface area contributed by atoms with E-state index in [1.807, 2.05) is 13.0 Å². The summed E-state index contributed by atoms with van der Waals surface area (Å²) in [7, 11) is 0. The maximum absolute atomic E-state index is 13.0. The highest BCUT2D eigenvalue weighted by Gasteiger charge is 2.18. The van der Waals surface area contributed by atoms with Crippen molar-refractivity contribution in [1.29, 1.82) is 0 Å². The summed E-state index contributed by atoms with van der Waals surface area (Å²) in [5, 5.41) is 15.9. The Balaban J connectivity index is 1.65. The Labute approximate surface area is 188 Å². The molecular formula is C23H20FN3O4S. The van der Waals surface area contributed by atoms with Crippen LogP contribution in [0.5, 0.6) is 0 Å². The van der Waals surface area contributed by atoms with Crippen LogP contribution >= 0.6 is 11.8 Å². The van der Waals surface area contributed by atoms with E-state index in [2.05, 4.69) is 10.6 Å². The fourth-order valence-corrected chi connectivity index (χ4v) is 3.84. The van der Waals surface area contributed by atoms with E-state index in [0.717, 1.165) is 4.90 Å². The van der Waals surface area contributed by atoms with Crippen molar-refractivity contribution in [1.82, 2.24) is 0 Å². The van der Waals surface area contributed by atoms with Crippen LogP contribution in [-0.4, -0.2) is 22.0 Å². The molecule has 0 bridgehead atoms. The smallest absolute Gasteiger partial charge is 0.269 e. The molecule has 0 aromatic heterocycles. The Bertz CT molecular complexity index is 1120. The van der Waals surface area contributed by atoms with Gasteiger partial charge < -0.3 is 10.6 Å². The van der Waals surface area contributed by atoms with Gasteiger partial charge in [-0.3, -0.25) is 19.7 Å². The molecule has 0 aliphatic heterocycles. The van der Waals surface area contributed by atoms with Gasteiger partial charge in [0, 0.05) is 34.0 Å². The van der Waals surface area contributed by atoms with E-state index in [0.29, 0.717) is 23.4 Å². The molecule has 0 aliphatic rings. The summed E-state index contributed by atoms with van der Waals surface area (Å²) in [5.74, 6) is -0.982. The van der Waals surface area contributed by atoms with E-state index >= 15 is 0 Å². The number of thioether (sulfide) groups is 1. The van der Waals surface area contributed by atoms with Crippen molar-refractivity contribution in [3.05, 3.63) is 94.3 Å².